The highest BCUT2D eigenvalue weighted by Gasteiger charge is 2.20. The Labute approximate surface area is 135 Å². The third-order valence-corrected chi connectivity index (χ3v) is 4.15. The van der Waals surface area contributed by atoms with Crippen LogP contribution in [0, 0.1) is 0 Å². The Balaban J connectivity index is 1.67. The van der Waals surface area contributed by atoms with E-state index in [1.807, 2.05) is 36.1 Å². The van der Waals surface area contributed by atoms with Crippen LogP contribution in [0.15, 0.2) is 42.5 Å². The van der Waals surface area contributed by atoms with Crippen molar-refractivity contribution >= 4 is 22.6 Å². The first-order valence-corrected chi connectivity index (χ1v) is 7.89. The number of fused-ring (bicyclic) bond motifs is 1. The van der Waals surface area contributed by atoms with Crippen LogP contribution in [0.3, 0.4) is 0 Å². The van der Waals surface area contributed by atoms with Crippen LogP contribution in [0.2, 0.25) is 0 Å². The highest BCUT2D eigenvalue weighted by molar-refractivity contribution is 5.87. The molecule has 3 rings (SSSR count). The molecule has 1 fully saturated rings. The van der Waals surface area contributed by atoms with Gasteiger partial charge in [-0.3, -0.25) is 14.5 Å². The van der Waals surface area contributed by atoms with Gasteiger partial charge in [-0.25, -0.2) is 0 Å². The van der Waals surface area contributed by atoms with E-state index in [1.165, 1.54) is 5.39 Å². The summed E-state index contributed by atoms with van der Waals surface area (Å²) in [4.78, 5) is 25.5. The van der Waals surface area contributed by atoms with Gasteiger partial charge in [-0.1, -0.05) is 42.5 Å². The molecule has 0 radical (unpaired) electrons. The van der Waals surface area contributed by atoms with Crippen LogP contribution in [0.5, 0.6) is 0 Å². The van der Waals surface area contributed by atoms with Crippen molar-refractivity contribution in [2.24, 2.45) is 0 Å². The van der Waals surface area contributed by atoms with Crippen LogP contribution in [-0.4, -0.2) is 42.9 Å². The highest BCUT2D eigenvalue weighted by Crippen LogP contribution is 2.23. The van der Waals surface area contributed by atoms with Crippen molar-refractivity contribution in [1.29, 1.82) is 0 Å². The van der Waals surface area contributed by atoms with E-state index in [4.69, 9.17) is 0 Å². The molecule has 5 nitrogen and oxygen atoms in total. The Kier molecular flexibility index (Phi) is 4.57. The van der Waals surface area contributed by atoms with Gasteiger partial charge in [0.2, 0.25) is 11.8 Å². The minimum absolute atomic E-state index is 0.0221. The van der Waals surface area contributed by atoms with Crippen molar-refractivity contribution in [3.05, 3.63) is 48.0 Å². The summed E-state index contributed by atoms with van der Waals surface area (Å²) in [5, 5.41) is 8.12. The lowest BCUT2D eigenvalue weighted by Gasteiger charge is -2.26. The van der Waals surface area contributed by atoms with Gasteiger partial charge >= 0.3 is 0 Å². The molecule has 0 bridgehead atoms. The standard InChI is InChI=1S/C18H21N3O2/c1-13(15-8-4-6-14-5-2-3-7-16(14)15)20-18(23)12-21-10-9-19-17(22)11-21/h2-8,13H,9-12H2,1H3,(H,19,22)(H,20,23). The quantitative estimate of drug-likeness (QED) is 0.898. The van der Waals surface area contributed by atoms with Gasteiger partial charge < -0.3 is 10.6 Å². The lowest BCUT2D eigenvalue weighted by Crippen LogP contribution is -2.50. The van der Waals surface area contributed by atoms with Gasteiger partial charge in [-0.05, 0) is 23.3 Å². The first-order valence-electron chi connectivity index (χ1n) is 7.89. The first kappa shape index (κ1) is 15.5. The molecule has 2 N–H and O–H groups in total. The molecule has 0 aromatic heterocycles. The molecule has 0 aliphatic carbocycles. The van der Waals surface area contributed by atoms with Gasteiger partial charge in [0.05, 0.1) is 19.1 Å². The lowest BCUT2D eigenvalue weighted by molar-refractivity contribution is -0.127. The van der Waals surface area contributed by atoms with Crippen LogP contribution in [0.25, 0.3) is 10.8 Å². The molecular formula is C18H21N3O2. The van der Waals surface area contributed by atoms with E-state index in [0.29, 0.717) is 13.1 Å². The lowest BCUT2D eigenvalue weighted by atomic mass is 10.00. The highest BCUT2D eigenvalue weighted by atomic mass is 16.2. The number of amides is 2. The molecule has 1 atom stereocenters. The number of hydrogen-bond donors (Lipinski definition) is 2. The summed E-state index contributed by atoms with van der Waals surface area (Å²) in [5.41, 5.74) is 1.10. The zero-order valence-corrected chi connectivity index (χ0v) is 13.2. The fourth-order valence-electron chi connectivity index (χ4n) is 3.02. The fraction of sp³-hybridized carbons (Fsp3) is 0.333. The number of carbonyl (C=O) groups excluding carboxylic acids is 2. The molecule has 0 saturated carbocycles. The Morgan fingerprint density at radius 3 is 2.87 bits per heavy atom. The second-order valence-corrected chi connectivity index (χ2v) is 5.92. The molecular weight excluding hydrogens is 290 g/mol. The molecule has 2 amide bonds. The van der Waals surface area contributed by atoms with E-state index in [1.54, 1.807) is 0 Å². The summed E-state index contributed by atoms with van der Waals surface area (Å²) in [6.45, 7) is 3.84. The van der Waals surface area contributed by atoms with Crippen molar-refractivity contribution < 1.29 is 9.59 Å². The molecule has 2 aromatic rings. The molecule has 1 heterocycles. The molecule has 23 heavy (non-hydrogen) atoms. The third kappa shape index (κ3) is 3.68. The van der Waals surface area contributed by atoms with Crippen LogP contribution in [0.4, 0.5) is 0 Å². The van der Waals surface area contributed by atoms with Gasteiger partial charge in [0.25, 0.3) is 0 Å². The Morgan fingerprint density at radius 2 is 2.04 bits per heavy atom. The van der Waals surface area contributed by atoms with Crippen molar-refractivity contribution in [3.8, 4) is 0 Å². The molecule has 1 saturated heterocycles. The smallest absolute Gasteiger partial charge is 0.234 e. The number of nitrogens with zero attached hydrogens (tertiary/aromatic N) is 1. The minimum Gasteiger partial charge on any atom is -0.354 e. The predicted molar refractivity (Wildman–Crippen MR) is 90.0 cm³/mol. The monoisotopic (exact) mass is 311 g/mol. The topological polar surface area (TPSA) is 61.4 Å². The summed E-state index contributed by atoms with van der Waals surface area (Å²) >= 11 is 0. The molecule has 1 aliphatic heterocycles. The van der Waals surface area contributed by atoms with E-state index >= 15 is 0 Å². The third-order valence-electron chi connectivity index (χ3n) is 4.15. The number of benzene rings is 2. The summed E-state index contributed by atoms with van der Waals surface area (Å²) < 4.78 is 0. The molecule has 0 spiro atoms. The largest absolute Gasteiger partial charge is 0.354 e. The average Bonchev–Trinajstić information content (AvgIpc) is 2.54. The van der Waals surface area contributed by atoms with Crippen LogP contribution in [0.1, 0.15) is 18.5 Å². The van der Waals surface area contributed by atoms with Crippen molar-refractivity contribution in [3.63, 3.8) is 0 Å². The predicted octanol–water partition coefficient (Wildman–Crippen LogP) is 1.45. The number of hydrogen-bond acceptors (Lipinski definition) is 3. The second kappa shape index (κ2) is 6.79. The van der Waals surface area contributed by atoms with Crippen molar-refractivity contribution in [1.82, 2.24) is 15.5 Å². The minimum atomic E-state index is -0.0767. The first-order chi connectivity index (χ1) is 11.1. The Morgan fingerprint density at radius 1 is 1.26 bits per heavy atom. The van der Waals surface area contributed by atoms with Crippen LogP contribution in [-0.2, 0) is 9.59 Å². The SMILES string of the molecule is CC(NC(=O)CN1CCNC(=O)C1)c1cccc2ccccc12. The summed E-state index contributed by atoms with van der Waals surface area (Å²) in [5.74, 6) is -0.0775. The molecule has 2 aromatic carbocycles. The van der Waals surface area contributed by atoms with E-state index in [9.17, 15) is 9.59 Å². The number of nitrogens with one attached hydrogen (secondary N) is 2. The van der Waals surface area contributed by atoms with E-state index in [2.05, 4.69) is 28.8 Å². The Hall–Kier alpha value is -2.40. The summed E-state index contributed by atoms with van der Waals surface area (Å²) in [6.07, 6.45) is 0. The van der Waals surface area contributed by atoms with Gasteiger partial charge in [0.1, 0.15) is 0 Å². The summed E-state index contributed by atoms with van der Waals surface area (Å²) in [6, 6.07) is 14.2. The molecule has 120 valence electrons. The summed E-state index contributed by atoms with van der Waals surface area (Å²) in [7, 11) is 0. The number of rotatable bonds is 4. The van der Waals surface area contributed by atoms with Gasteiger partial charge in [-0.2, -0.15) is 0 Å². The van der Waals surface area contributed by atoms with Crippen LogP contribution < -0.4 is 10.6 Å². The van der Waals surface area contributed by atoms with Gasteiger partial charge in [0.15, 0.2) is 0 Å². The zero-order valence-electron chi connectivity index (χ0n) is 13.2. The molecule has 1 unspecified atom stereocenters. The maximum absolute atomic E-state index is 12.3. The number of carbonyl (C=O) groups is 2. The maximum Gasteiger partial charge on any atom is 0.234 e. The normalized spacial score (nSPS) is 16.8. The van der Waals surface area contributed by atoms with Crippen molar-refractivity contribution in [2.45, 2.75) is 13.0 Å². The van der Waals surface area contributed by atoms with E-state index in [-0.39, 0.29) is 30.9 Å². The zero-order chi connectivity index (χ0) is 16.2. The Bertz CT molecular complexity index is 724. The van der Waals surface area contributed by atoms with Crippen molar-refractivity contribution in [2.75, 3.05) is 26.2 Å². The van der Waals surface area contributed by atoms with E-state index in [0.717, 1.165) is 10.9 Å². The van der Waals surface area contributed by atoms with Gasteiger partial charge in [0, 0.05) is 13.1 Å². The number of piperazine rings is 1. The van der Waals surface area contributed by atoms with E-state index < -0.39 is 0 Å². The fourth-order valence-corrected chi connectivity index (χ4v) is 3.02. The molecule has 5 heteroatoms. The molecule has 1 aliphatic rings. The average molecular weight is 311 g/mol. The van der Waals surface area contributed by atoms with Crippen LogP contribution >= 0.6 is 0 Å². The van der Waals surface area contributed by atoms with Gasteiger partial charge in [-0.15, -0.1) is 0 Å². The maximum atomic E-state index is 12.3. The second-order valence-electron chi connectivity index (χ2n) is 5.92.